The van der Waals surface area contributed by atoms with E-state index < -0.39 is 0 Å². The maximum atomic E-state index is 4.44. The summed E-state index contributed by atoms with van der Waals surface area (Å²) in [5, 5.41) is 0. The van der Waals surface area contributed by atoms with Crippen molar-refractivity contribution in [3.05, 3.63) is 97.3 Å². The van der Waals surface area contributed by atoms with Gasteiger partial charge in [0, 0.05) is 11.9 Å². The van der Waals surface area contributed by atoms with Crippen LogP contribution in [0.2, 0.25) is 0 Å². The first-order valence-corrected chi connectivity index (χ1v) is 6.92. The zero-order chi connectivity index (χ0) is 16.1. The zero-order valence-corrected chi connectivity index (χ0v) is 13.3. The van der Waals surface area contributed by atoms with E-state index in [-0.39, 0.29) is 0 Å². The molecule has 21 heavy (non-hydrogen) atoms. The minimum atomic E-state index is 0.896. The summed E-state index contributed by atoms with van der Waals surface area (Å²) in [7, 11) is 0. The highest BCUT2D eigenvalue weighted by atomic mass is 14.7. The number of allylic oxidation sites excluding steroid dienone is 12. The molecule has 0 aromatic heterocycles. The lowest BCUT2D eigenvalue weighted by molar-refractivity contribution is 1.46. The molecular weight excluding hydrogens is 254 g/mol. The van der Waals surface area contributed by atoms with Crippen LogP contribution in [0.25, 0.3) is 0 Å². The maximum Gasteiger partial charge on any atom is 0.0441 e. The molecule has 0 saturated carbocycles. The second kappa shape index (κ2) is 11.4. The Kier molecular flexibility index (Phi) is 10.1. The Morgan fingerprint density at radius 1 is 0.952 bits per heavy atom. The van der Waals surface area contributed by atoms with Crippen LogP contribution in [0.3, 0.4) is 0 Å². The van der Waals surface area contributed by atoms with Crippen molar-refractivity contribution in [1.29, 1.82) is 0 Å². The SMILES string of the molecule is C=C\C=C/C(=C\C)C(/C)=N/C=C\C(=C)C(/C=C\C)=C/C=C. The third-order valence-corrected chi connectivity index (χ3v) is 2.70. The van der Waals surface area contributed by atoms with Crippen molar-refractivity contribution in [1.82, 2.24) is 0 Å². The van der Waals surface area contributed by atoms with Crippen LogP contribution in [-0.4, -0.2) is 5.71 Å². The third kappa shape index (κ3) is 7.68. The zero-order valence-electron chi connectivity index (χ0n) is 13.3. The molecule has 0 unspecified atom stereocenters. The second-order valence-corrected chi connectivity index (χ2v) is 4.25. The minimum Gasteiger partial charge on any atom is -0.261 e. The predicted octanol–water partition coefficient (Wildman–Crippen LogP) is 5.89. The third-order valence-electron chi connectivity index (χ3n) is 2.70. The minimum absolute atomic E-state index is 0.896. The fourth-order valence-electron chi connectivity index (χ4n) is 1.58. The highest BCUT2D eigenvalue weighted by Gasteiger charge is 1.95. The van der Waals surface area contributed by atoms with Crippen LogP contribution in [0.15, 0.2) is 102 Å². The highest BCUT2D eigenvalue weighted by Crippen LogP contribution is 2.11. The van der Waals surface area contributed by atoms with E-state index in [2.05, 4.69) is 24.7 Å². The van der Waals surface area contributed by atoms with Crippen LogP contribution in [0, 0.1) is 0 Å². The first-order chi connectivity index (χ1) is 10.1. The van der Waals surface area contributed by atoms with Crippen molar-refractivity contribution < 1.29 is 0 Å². The molecule has 0 atom stereocenters. The van der Waals surface area contributed by atoms with Gasteiger partial charge in [-0.15, -0.1) is 0 Å². The van der Waals surface area contributed by atoms with Gasteiger partial charge >= 0.3 is 0 Å². The molecule has 0 bridgehead atoms. The summed E-state index contributed by atoms with van der Waals surface area (Å²) in [5.74, 6) is 0. The van der Waals surface area contributed by atoms with Crippen LogP contribution in [0.1, 0.15) is 20.8 Å². The van der Waals surface area contributed by atoms with Crippen molar-refractivity contribution in [2.24, 2.45) is 4.99 Å². The van der Waals surface area contributed by atoms with Gasteiger partial charge in [0.2, 0.25) is 0 Å². The average Bonchev–Trinajstić information content (AvgIpc) is 2.47. The Labute approximate surface area is 129 Å². The normalized spacial score (nSPS) is 14.3. The lowest BCUT2D eigenvalue weighted by Gasteiger charge is -2.01. The molecule has 0 aromatic rings. The summed E-state index contributed by atoms with van der Waals surface area (Å²) in [6, 6.07) is 0. The summed E-state index contributed by atoms with van der Waals surface area (Å²) in [6.07, 6.45) is 18.9. The van der Waals surface area contributed by atoms with Gasteiger partial charge < -0.3 is 0 Å². The fourth-order valence-corrected chi connectivity index (χ4v) is 1.58. The Hall–Kier alpha value is -2.41. The fraction of sp³-hybridized carbons (Fsp3) is 0.150. The quantitative estimate of drug-likeness (QED) is 0.388. The molecule has 0 fully saturated rings. The van der Waals surface area contributed by atoms with E-state index in [4.69, 9.17) is 0 Å². The van der Waals surface area contributed by atoms with Crippen molar-refractivity contribution in [3.8, 4) is 0 Å². The van der Waals surface area contributed by atoms with Gasteiger partial charge in [0.25, 0.3) is 0 Å². The van der Waals surface area contributed by atoms with Gasteiger partial charge in [-0.05, 0) is 43.6 Å². The maximum absolute atomic E-state index is 4.44. The summed E-state index contributed by atoms with van der Waals surface area (Å²) in [4.78, 5) is 4.44. The number of hydrogen-bond acceptors (Lipinski definition) is 1. The summed E-state index contributed by atoms with van der Waals surface area (Å²) < 4.78 is 0. The van der Waals surface area contributed by atoms with Crippen LogP contribution < -0.4 is 0 Å². The molecule has 110 valence electrons. The van der Waals surface area contributed by atoms with Gasteiger partial charge in [-0.1, -0.05) is 68.3 Å². The van der Waals surface area contributed by atoms with E-state index in [9.17, 15) is 0 Å². The van der Waals surface area contributed by atoms with Crippen molar-refractivity contribution >= 4 is 5.71 Å². The molecule has 0 amide bonds. The Morgan fingerprint density at radius 2 is 1.67 bits per heavy atom. The Balaban J connectivity index is 5.04. The van der Waals surface area contributed by atoms with Gasteiger partial charge in [-0.2, -0.15) is 0 Å². The second-order valence-electron chi connectivity index (χ2n) is 4.25. The molecule has 1 nitrogen and oxygen atoms in total. The largest absolute Gasteiger partial charge is 0.261 e. The van der Waals surface area contributed by atoms with Gasteiger partial charge in [-0.3, -0.25) is 4.99 Å². The van der Waals surface area contributed by atoms with E-state index in [0.29, 0.717) is 0 Å². The first-order valence-electron chi connectivity index (χ1n) is 6.92. The number of nitrogens with zero attached hydrogens (tertiary/aromatic N) is 1. The van der Waals surface area contributed by atoms with Crippen molar-refractivity contribution in [2.45, 2.75) is 20.8 Å². The van der Waals surface area contributed by atoms with E-state index in [0.717, 1.165) is 22.4 Å². The molecule has 0 heterocycles. The summed E-state index contributed by atoms with van der Waals surface area (Å²) in [6.45, 7) is 17.3. The smallest absolute Gasteiger partial charge is 0.0441 e. The number of rotatable bonds is 8. The lowest BCUT2D eigenvalue weighted by Crippen LogP contribution is -1.93. The average molecular weight is 279 g/mol. The van der Waals surface area contributed by atoms with Crippen LogP contribution in [-0.2, 0) is 0 Å². The van der Waals surface area contributed by atoms with Crippen LogP contribution in [0.5, 0.6) is 0 Å². The molecule has 0 spiro atoms. The Bertz CT molecular complexity index is 546. The van der Waals surface area contributed by atoms with Gasteiger partial charge in [0.15, 0.2) is 0 Å². The molecule has 0 radical (unpaired) electrons. The summed E-state index contributed by atoms with van der Waals surface area (Å²) in [5.41, 5.74) is 3.93. The number of aliphatic imine (C=N–C) groups is 1. The van der Waals surface area contributed by atoms with Crippen molar-refractivity contribution in [2.75, 3.05) is 0 Å². The van der Waals surface area contributed by atoms with E-state index in [1.54, 1.807) is 18.4 Å². The van der Waals surface area contributed by atoms with Crippen LogP contribution >= 0.6 is 0 Å². The van der Waals surface area contributed by atoms with Gasteiger partial charge in [-0.25, -0.2) is 0 Å². The molecule has 0 aliphatic carbocycles. The number of hydrogen-bond donors (Lipinski definition) is 0. The van der Waals surface area contributed by atoms with Crippen LogP contribution in [0.4, 0.5) is 0 Å². The molecule has 0 aliphatic heterocycles. The van der Waals surface area contributed by atoms with Gasteiger partial charge in [0.1, 0.15) is 0 Å². The highest BCUT2D eigenvalue weighted by molar-refractivity contribution is 6.01. The molecule has 1 heteroatoms. The van der Waals surface area contributed by atoms with E-state index in [1.807, 2.05) is 63.3 Å². The monoisotopic (exact) mass is 279 g/mol. The van der Waals surface area contributed by atoms with E-state index >= 15 is 0 Å². The molecule has 0 N–H and O–H groups in total. The Morgan fingerprint density at radius 3 is 2.19 bits per heavy atom. The molecular formula is C20H25N. The molecule has 0 aromatic carbocycles. The molecule has 0 rings (SSSR count). The first kappa shape index (κ1) is 18.6. The lowest BCUT2D eigenvalue weighted by atomic mass is 10.1. The predicted molar refractivity (Wildman–Crippen MR) is 97.6 cm³/mol. The summed E-state index contributed by atoms with van der Waals surface area (Å²) >= 11 is 0. The molecule has 0 aliphatic rings. The standard InChI is InChI=1S/C20H25N/c1-7-11-14-19(10-4)18(6)21-16-15-17(5)20(12-8-2)13-9-3/h7-16H,1-2,5H2,3-4,6H3/b13-9-,14-11-,16-15-,19-10+,20-12+,21-18+. The topological polar surface area (TPSA) is 12.4 Å². The molecule has 0 saturated heterocycles. The van der Waals surface area contributed by atoms with Gasteiger partial charge in [0.05, 0.1) is 0 Å². The van der Waals surface area contributed by atoms with Crippen molar-refractivity contribution in [3.63, 3.8) is 0 Å². The van der Waals surface area contributed by atoms with E-state index in [1.165, 1.54) is 0 Å².